The van der Waals surface area contributed by atoms with Crippen LogP contribution in [0.2, 0.25) is 0 Å². The van der Waals surface area contributed by atoms with E-state index in [1.807, 2.05) is 0 Å². The van der Waals surface area contributed by atoms with Crippen LogP contribution in [0.1, 0.15) is 110 Å². The Morgan fingerprint density at radius 1 is 0.882 bits per heavy atom. The van der Waals surface area contributed by atoms with Crippen LogP contribution in [-0.4, -0.2) is 145 Å². The zero-order valence-corrected chi connectivity index (χ0v) is 41.1. The Balaban J connectivity index is 1.31. The van der Waals surface area contributed by atoms with Crippen LogP contribution in [0.3, 0.4) is 0 Å². The number of unbranched alkanes of at least 4 members (excludes halogenated alkanes) is 9. The topological polar surface area (TPSA) is 421 Å². The number of phosphoric acid groups is 3. The third-order valence-electron chi connectivity index (χ3n) is 10.3. The van der Waals surface area contributed by atoms with Crippen molar-refractivity contribution in [3.05, 3.63) is 12.7 Å². The highest BCUT2D eigenvalue weighted by molar-refractivity contribution is 8.13. The first-order valence-corrected chi connectivity index (χ1v) is 27.3. The molecule has 68 heavy (non-hydrogen) atoms. The molecular formula is C37H64N7O20P3S. The van der Waals surface area contributed by atoms with E-state index in [1.54, 1.807) is 0 Å². The number of fused-ring (bicyclic) bond motifs is 1. The van der Waals surface area contributed by atoms with Gasteiger partial charge in [0.15, 0.2) is 22.8 Å². The molecule has 3 rings (SSSR count). The van der Waals surface area contributed by atoms with E-state index in [9.17, 15) is 67.8 Å². The summed E-state index contributed by atoms with van der Waals surface area (Å²) in [6, 6.07) is 0. The number of nitrogens with zero attached hydrogens (tertiary/aromatic N) is 4. The summed E-state index contributed by atoms with van der Waals surface area (Å²) in [5, 5.41) is 45.1. The fraction of sp³-hybridized carbons (Fsp3) is 0.757. The molecule has 0 spiro atoms. The number of hydrogen-bond donors (Lipinski definition) is 11. The van der Waals surface area contributed by atoms with Crippen molar-refractivity contribution in [2.75, 3.05) is 37.8 Å². The number of hydrogen-bond acceptors (Lipinski definition) is 20. The standard InChI is InChI=1S/C37H64N7O20P3S/c1-37(2,32(51)35(52)40-16-15-26(46)39-17-18-68-28(49)19-24(45)13-11-9-7-5-3-4-6-8-10-12-14-27(47)48)21-61-67(58,59)64-66(56,57)60-20-25-31(63-65(53,54)55)30(50)36(62-25)44-23-43-29-33(38)41-22-42-34(29)44/h22-25,30-32,36,45,50-51H,3-21H2,1-2H3,(H,39,46)(H,40,52)(H,47,48)(H,56,57)(H,58,59)(H2,38,41,42)(H2,53,54,55). The van der Waals surface area contributed by atoms with Crippen molar-refractivity contribution in [1.82, 2.24) is 30.2 Å². The van der Waals surface area contributed by atoms with Crippen LogP contribution in [0, 0.1) is 5.41 Å². The van der Waals surface area contributed by atoms with Gasteiger partial charge in [0.05, 0.1) is 25.6 Å². The van der Waals surface area contributed by atoms with Gasteiger partial charge in [0.2, 0.25) is 11.8 Å². The summed E-state index contributed by atoms with van der Waals surface area (Å²) in [7, 11) is -16.5. The number of amides is 2. The molecule has 1 fully saturated rings. The highest BCUT2D eigenvalue weighted by atomic mass is 32.2. The molecule has 0 aromatic carbocycles. The Bertz CT molecular complexity index is 2100. The van der Waals surface area contributed by atoms with Crippen LogP contribution in [0.4, 0.5) is 5.82 Å². The minimum atomic E-state index is -5.60. The average Bonchev–Trinajstić information content (AvgIpc) is 3.80. The van der Waals surface area contributed by atoms with E-state index in [1.165, 1.54) is 13.8 Å². The summed E-state index contributed by atoms with van der Waals surface area (Å²) in [4.78, 5) is 98.8. The van der Waals surface area contributed by atoms with Gasteiger partial charge in [0, 0.05) is 43.5 Å². The Morgan fingerprint density at radius 3 is 2.13 bits per heavy atom. The predicted octanol–water partition coefficient (Wildman–Crippen LogP) is 2.18. The number of imidazole rings is 1. The third-order valence-corrected chi connectivity index (χ3v) is 14.3. The lowest BCUT2D eigenvalue weighted by Crippen LogP contribution is -2.46. The molecule has 2 amide bonds. The van der Waals surface area contributed by atoms with E-state index >= 15 is 0 Å². The first kappa shape index (κ1) is 59.3. The van der Waals surface area contributed by atoms with Gasteiger partial charge in [-0.1, -0.05) is 83.4 Å². The molecule has 2 aromatic heterocycles. The fourth-order valence-electron chi connectivity index (χ4n) is 6.72. The molecule has 3 heterocycles. The summed E-state index contributed by atoms with van der Waals surface area (Å²) in [5.41, 5.74) is 4.23. The molecule has 0 aliphatic carbocycles. The molecule has 1 saturated heterocycles. The Hall–Kier alpha value is -3.01. The number of anilines is 1. The number of rotatable bonds is 34. The lowest BCUT2D eigenvalue weighted by atomic mass is 9.87. The molecule has 0 saturated carbocycles. The molecule has 0 radical (unpaired) electrons. The van der Waals surface area contributed by atoms with E-state index in [0.717, 1.165) is 86.8 Å². The van der Waals surface area contributed by atoms with Gasteiger partial charge < -0.3 is 61.1 Å². The molecule has 27 nitrogen and oxygen atoms in total. The number of aliphatic carboxylic acids is 1. The first-order valence-electron chi connectivity index (χ1n) is 21.8. The number of nitrogen functional groups attached to an aromatic ring is 1. The molecule has 0 bridgehead atoms. The smallest absolute Gasteiger partial charge is 0.481 e. The van der Waals surface area contributed by atoms with Crippen LogP contribution in [0.5, 0.6) is 0 Å². The number of nitrogens with two attached hydrogens (primary N) is 1. The summed E-state index contributed by atoms with van der Waals surface area (Å²) >= 11 is 0.971. The van der Waals surface area contributed by atoms with Crippen LogP contribution in [-0.2, 0) is 55.5 Å². The third kappa shape index (κ3) is 21.5. The summed E-state index contributed by atoms with van der Waals surface area (Å²) in [6.07, 6.45) is 2.82. The molecular weight excluding hydrogens is 987 g/mol. The van der Waals surface area contributed by atoms with E-state index in [0.29, 0.717) is 12.8 Å². The normalized spacial score (nSPS) is 20.4. The highest BCUT2D eigenvalue weighted by Gasteiger charge is 2.50. The minimum absolute atomic E-state index is 0.0115. The van der Waals surface area contributed by atoms with Gasteiger partial charge in [-0.3, -0.25) is 37.3 Å². The van der Waals surface area contributed by atoms with Crippen LogP contribution < -0.4 is 16.4 Å². The molecule has 1 aliphatic rings. The van der Waals surface area contributed by atoms with Crippen molar-refractivity contribution >= 4 is 75.1 Å². The summed E-state index contributed by atoms with van der Waals surface area (Å²) < 4.78 is 62.3. The molecule has 31 heteroatoms. The lowest BCUT2D eigenvalue weighted by molar-refractivity contribution is -0.137. The first-order chi connectivity index (χ1) is 31.8. The zero-order chi connectivity index (χ0) is 50.7. The number of carbonyl (C=O) groups excluding carboxylic acids is 3. The second-order valence-corrected chi connectivity index (χ2v) is 22.0. The highest BCUT2D eigenvalue weighted by Crippen LogP contribution is 2.61. The molecule has 12 N–H and O–H groups in total. The van der Waals surface area contributed by atoms with Crippen LogP contribution in [0.25, 0.3) is 11.2 Å². The number of carboxylic acid groups (broad SMARTS) is 1. The van der Waals surface area contributed by atoms with E-state index < -0.39 is 96.6 Å². The largest absolute Gasteiger partial charge is 0.481 e. The number of aliphatic hydroxyl groups excluding tert-OH is 3. The zero-order valence-electron chi connectivity index (χ0n) is 37.6. The summed E-state index contributed by atoms with van der Waals surface area (Å²) in [5.74, 6) is -2.04. The van der Waals surface area contributed by atoms with Gasteiger partial charge >= 0.3 is 29.4 Å². The van der Waals surface area contributed by atoms with Crippen molar-refractivity contribution in [3.63, 3.8) is 0 Å². The number of nitrogens with one attached hydrogen (secondary N) is 2. The van der Waals surface area contributed by atoms with Gasteiger partial charge in [0.25, 0.3) is 0 Å². The van der Waals surface area contributed by atoms with Crippen LogP contribution in [0.15, 0.2) is 12.7 Å². The van der Waals surface area contributed by atoms with Crippen molar-refractivity contribution in [3.8, 4) is 0 Å². The Kier molecular flexibility index (Phi) is 24.5. The van der Waals surface area contributed by atoms with E-state index in [2.05, 4.69) is 34.4 Å². The molecule has 8 atom stereocenters. The van der Waals surface area contributed by atoms with Gasteiger partial charge in [-0.2, -0.15) is 4.31 Å². The number of aliphatic hydroxyl groups is 3. The van der Waals surface area contributed by atoms with Gasteiger partial charge in [0.1, 0.15) is 36.3 Å². The number of phosphoric ester groups is 3. The average molecular weight is 1050 g/mol. The van der Waals surface area contributed by atoms with Crippen molar-refractivity contribution in [2.45, 2.75) is 140 Å². The van der Waals surface area contributed by atoms with Gasteiger partial charge in [-0.05, 0) is 12.8 Å². The lowest BCUT2D eigenvalue weighted by Gasteiger charge is -2.30. The molecule has 1 aliphatic heterocycles. The van der Waals surface area contributed by atoms with Crippen LogP contribution >= 0.6 is 35.2 Å². The maximum atomic E-state index is 12.7. The maximum Gasteiger partial charge on any atom is 0.481 e. The predicted molar refractivity (Wildman–Crippen MR) is 241 cm³/mol. The van der Waals surface area contributed by atoms with Crippen molar-refractivity contribution in [1.29, 1.82) is 0 Å². The number of thioether (sulfide) groups is 1. The quantitative estimate of drug-likeness (QED) is 0.0353. The second-order valence-electron chi connectivity index (χ2n) is 16.6. The minimum Gasteiger partial charge on any atom is -0.481 e. The Labute approximate surface area is 396 Å². The number of carboxylic acids is 1. The Morgan fingerprint density at radius 2 is 1.50 bits per heavy atom. The molecule has 2 aromatic rings. The number of carbonyl (C=O) groups is 4. The summed E-state index contributed by atoms with van der Waals surface area (Å²) in [6.45, 7) is 0.323. The van der Waals surface area contributed by atoms with Crippen molar-refractivity contribution < 1.29 is 95.5 Å². The number of ether oxygens (including phenoxy) is 1. The number of aromatic nitrogens is 4. The molecule has 8 unspecified atom stereocenters. The van der Waals surface area contributed by atoms with E-state index in [-0.39, 0.29) is 60.2 Å². The van der Waals surface area contributed by atoms with Crippen molar-refractivity contribution in [2.24, 2.45) is 5.41 Å². The van der Waals surface area contributed by atoms with Gasteiger partial charge in [-0.25, -0.2) is 28.6 Å². The second kappa shape index (κ2) is 28.1. The maximum absolute atomic E-state index is 12.7. The molecule has 388 valence electrons. The fourth-order valence-corrected chi connectivity index (χ4v) is 10.3. The monoisotopic (exact) mass is 1050 g/mol. The SMILES string of the molecule is CC(C)(COP(=O)(O)OP(=O)(O)OCC1OC(n2cnc3c(N)ncnc32)C(O)C1OP(=O)(O)O)C(O)C(=O)NCCC(=O)NCCSC(=O)CC(O)CCCCCCCCCCCCC(=O)O. The van der Waals surface area contributed by atoms with E-state index in [4.69, 9.17) is 24.6 Å². The van der Waals surface area contributed by atoms with Gasteiger partial charge in [-0.15, -0.1) is 0 Å².